The van der Waals surface area contributed by atoms with Crippen LogP contribution >= 0.6 is 11.6 Å². The van der Waals surface area contributed by atoms with Gasteiger partial charge in [0.05, 0.1) is 50.5 Å². The van der Waals surface area contributed by atoms with E-state index in [4.69, 9.17) is 25.8 Å². The van der Waals surface area contributed by atoms with E-state index in [1.54, 1.807) is 7.11 Å². The molecule has 0 radical (unpaired) electrons. The lowest BCUT2D eigenvalue weighted by molar-refractivity contribution is -0.118. The first-order valence-corrected chi connectivity index (χ1v) is 15.6. The molecule has 8 heteroatoms. The Labute approximate surface area is 259 Å². The maximum absolute atomic E-state index is 13.9. The quantitative estimate of drug-likeness (QED) is 0.333. The summed E-state index contributed by atoms with van der Waals surface area (Å²) in [6.45, 7) is 9.36. The molecule has 1 unspecified atom stereocenters. The Kier molecular flexibility index (Phi) is 8.44. The Balaban J connectivity index is 1.35. The number of likely N-dealkylation sites (tertiary alicyclic amines) is 1. The van der Waals surface area contributed by atoms with Gasteiger partial charge >= 0.3 is 0 Å². The van der Waals surface area contributed by atoms with Gasteiger partial charge in [0, 0.05) is 23.2 Å². The molecule has 6 rings (SSSR count). The molecule has 7 nitrogen and oxygen atoms in total. The second-order valence-corrected chi connectivity index (χ2v) is 12.9. The third kappa shape index (κ3) is 5.88. The number of carbonyl (C=O) groups excluding carboxylic acids is 1. The summed E-state index contributed by atoms with van der Waals surface area (Å²) in [6, 6.07) is 19.5. The highest BCUT2D eigenvalue weighted by Gasteiger charge is 2.40. The number of methoxy groups -OCH3 is 1. The number of anilines is 1. The molecule has 3 heterocycles. The van der Waals surface area contributed by atoms with E-state index in [-0.39, 0.29) is 24.3 Å². The van der Waals surface area contributed by atoms with Gasteiger partial charge in [-0.15, -0.1) is 0 Å². The smallest absolute Gasteiger partial charge is 0.232 e. The molecule has 3 aliphatic heterocycles. The molecule has 43 heavy (non-hydrogen) atoms. The van der Waals surface area contributed by atoms with Crippen LogP contribution in [-0.4, -0.2) is 61.5 Å². The number of amides is 1. The van der Waals surface area contributed by atoms with Crippen LogP contribution in [0.5, 0.6) is 11.5 Å². The predicted molar refractivity (Wildman–Crippen MR) is 168 cm³/mol. The zero-order valence-electron chi connectivity index (χ0n) is 25.4. The van der Waals surface area contributed by atoms with Crippen LogP contribution in [0.4, 0.5) is 5.69 Å². The van der Waals surface area contributed by atoms with Crippen LogP contribution in [0.15, 0.2) is 60.7 Å². The second-order valence-electron chi connectivity index (χ2n) is 12.5. The summed E-state index contributed by atoms with van der Waals surface area (Å²) in [5.41, 5.74) is 3.48. The monoisotopic (exact) mass is 604 g/mol. The number of fused-ring (bicyclic) bond motifs is 1. The molecule has 3 aliphatic rings. The molecule has 0 aliphatic carbocycles. The van der Waals surface area contributed by atoms with Crippen LogP contribution in [-0.2, 0) is 21.6 Å². The fourth-order valence-electron chi connectivity index (χ4n) is 6.76. The lowest BCUT2D eigenvalue weighted by Crippen LogP contribution is -2.55. The molecule has 0 spiro atoms. The number of nitrogens with zero attached hydrogens (tertiary/aromatic N) is 2. The van der Waals surface area contributed by atoms with Gasteiger partial charge < -0.3 is 24.2 Å². The van der Waals surface area contributed by atoms with Crippen LogP contribution in [0.2, 0.25) is 5.02 Å². The van der Waals surface area contributed by atoms with Crippen LogP contribution in [0, 0.1) is 5.92 Å². The van der Waals surface area contributed by atoms with Gasteiger partial charge in [0.25, 0.3) is 0 Å². The standard InChI is InChI=1S/C35H41ClN2O5/c1-22(2)43-32-18-30-24(16-31(32)41-4)17-33(39)38(34(30)23-7-11-27(36)12-8-23)28-13-9-25(10-14-28)35(3,40)26-6-5-15-37(19-26)29-20-42-21-29/h7-14,16,18,22,26,29,34,40H,5-6,15,17,19-21H2,1-4H3/t26-,34?,35+/m0/s1. The maximum Gasteiger partial charge on any atom is 0.232 e. The second kappa shape index (κ2) is 12.1. The highest BCUT2D eigenvalue weighted by atomic mass is 35.5. The van der Waals surface area contributed by atoms with Gasteiger partial charge in [-0.25, -0.2) is 0 Å². The van der Waals surface area contributed by atoms with Crippen molar-refractivity contribution in [3.8, 4) is 11.5 Å². The molecule has 2 saturated heterocycles. The molecule has 1 amide bonds. The number of halogens is 1. The third-order valence-electron chi connectivity index (χ3n) is 9.25. The predicted octanol–water partition coefficient (Wildman–Crippen LogP) is 6.13. The molecule has 3 aromatic rings. The Bertz CT molecular complexity index is 1450. The van der Waals surface area contributed by atoms with E-state index in [2.05, 4.69) is 4.90 Å². The van der Waals surface area contributed by atoms with Crippen molar-refractivity contribution in [2.45, 2.75) is 63.8 Å². The molecular formula is C35H41ClN2O5. The molecule has 3 aromatic carbocycles. The summed E-state index contributed by atoms with van der Waals surface area (Å²) < 4.78 is 17.2. The van der Waals surface area contributed by atoms with Gasteiger partial charge in [-0.1, -0.05) is 35.9 Å². The zero-order chi connectivity index (χ0) is 30.3. The molecule has 0 bridgehead atoms. The summed E-state index contributed by atoms with van der Waals surface area (Å²) in [5.74, 6) is 1.36. The Hall–Kier alpha value is -3.10. The average Bonchev–Trinajstić information content (AvgIpc) is 2.96. The van der Waals surface area contributed by atoms with Crippen molar-refractivity contribution in [2.75, 3.05) is 38.3 Å². The molecule has 228 valence electrons. The first-order chi connectivity index (χ1) is 20.7. The lowest BCUT2D eigenvalue weighted by atomic mass is 9.78. The minimum Gasteiger partial charge on any atom is -0.493 e. The van der Waals surface area contributed by atoms with Crippen LogP contribution in [0.3, 0.4) is 0 Å². The molecule has 2 fully saturated rings. The van der Waals surface area contributed by atoms with Gasteiger partial charge in [0.1, 0.15) is 0 Å². The SMILES string of the molecule is COc1cc2c(cc1OC(C)C)C(c1ccc(Cl)cc1)N(c1ccc([C@@](C)(O)[C@H]3CCCN(C4COC4)C3)cc1)C(=O)C2. The van der Waals surface area contributed by atoms with Crippen molar-refractivity contribution in [2.24, 2.45) is 5.92 Å². The Morgan fingerprint density at radius 2 is 1.77 bits per heavy atom. The number of benzene rings is 3. The largest absolute Gasteiger partial charge is 0.493 e. The Morgan fingerprint density at radius 1 is 1.05 bits per heavy atom. The fourth-order valence-corrected chi connectivity index (χ4v) is 6.88. The van der Waals surface area contributed by atoms with Crippen LogP contribution in [0.1, 0.15) is 61.9 Å². The van der Waals surface area contributed by atoms with Crippen molar-refractivity contribution < 1.29 is 24.1 Å². The number of aliphatic hydroxyl groups is 1. The first kappa shape index (κ1) is 29.9. The Morgan fingerprint density at radius 3 is 2.40 bits per heavy atom. The van der Waals surface area contributed by atoms with Crippen LogP contribution in [0.25, 0.3) is 0 Å². The van der Waals surface area contributed by atoms with E-state index < -0.39 is 11.6 Å². The van der Waals surface area contributed by atoms with Gasteiger partial charge in [-0.2, -0.15) is 0 Å². The number of hydrogen-bond donors (Lipinski definition) is 1. The summed E-state index contributed by atoms with van der Waals surface area (Å²) in [7, 11) is 1.62. The van der Waals surface area contributed by atoms with Gasteiger partial charge in [-0.3, -0.25) is 9.69 Å². The minimum absolute atomic E-state index is 0.0165. The summed E-state index contributed by atoms with van der Waals surface area (Å²) in [4.78, 5) is 18.2. The topological polar surface area (TPSA) is 71.5 Å². The fraction of sp³-hybridized carbons (Fsp3) is 0.457. The van der Waals surface area contributed by atoms with E-state index in [0.717, 1.165) is 67.1 Å². The lowest BCUT2D eigenvalue weighted by Gasteiger charge is -2.46. The van der Waals surface area contributed by atoms with Crippen molar-refractivity contribution in [1.29, 1.82) is 0 Å². The highest BCUT2D eigenvalue weighted by molar-refractivity contribution is 6.30. The molecule has 3 atom stereocenters. The molecule has 0 saturated carbocycles. The van der Waals surface area contributed by atoms with Gasteiger partial charge in [0.2, 0.25) is 5.91 Å². The van der Waals surface area contributed by atoms with E-state index in [0.29, 0.717) is 22.6 Å². The molecule has 1 N–H and O–H groups in total. The summed E-state index contributed by atoms with van der Waals surface area (Å²) in [6.07, 6.45) is 2.23. The van der Waals surface area contributed by atoms with Gasteiger partial charge in [-0.05, 0) is 98.8 Å². The number of piperidine rings is 1. The normalized spacial score (nSPS) is 22.6. The van der Waals surface area contributed by atoms with Crippen molar-refractivity contribution in [3.63, 3.8) is 0 Å². The number of hydrogen-bond acceptors (Lipinski definition) is 6. The van der Waals surface area contributed by atoms with Crippen molar-refractivity contribution >= 4 is 23.2 Å². The third-order valence-corrected chi connectivity index (χ3v) is 9.50. The van der Waals surface area contributed by atoms with Gasteiger partial charge in [0.15, 0.2) is 11.5 Å². The van der Waals surface area contributed by atoms with Crippen LogP contribution < -0.4 is 14.4 Å². The maximum atomic E-state index is 13.9. The van der Waals surface area contributed by atoms with E-state index in [9.17, 15) is 9.90 Å². The minimum atomic E-state index is -0.991. The average molecular weight is 605 g/mol. The summed E-state index contributed by atoms with van der Waals surface area (Å²) in [5, 5.41) is 12.4. The van der Waals surface area contributed by atoms with Crippen molar-refractivity contribution in [1.82, 2.24) is 4.90 Å². The van der Waals surface area contributed by atoms with Crippen molar-refractivity contribution in [3.05, 3.63) is 87.9 Å². The number of carbonyl (C=O) groups is 1. The molecular weight excluding hydrogens is 564 g/mol. The van der Waals surface area contributed by atoms with E-state index in [1.165, 1.54) is 0 Å². The molecule has 0 aromatic heterocycles. The van der Waals surface area contributed by atoms with E-state index in [1.807, 2.05) is 86.3 Å². The first-order valence-electron chi connectivity index (χ1n) is 15.3. The highest BCUT2D eigenvalue weighted by Crippen LogP contribution is 2.44. The summed E-state index contributed by atoms with van der Waals surface area (Å²) >= 11 is 6.27. The number of rotatable bonds is 8. The number of ether oxygens (including phenoxy) is 3. The van der Waals surface area contributed by atoms with E-state index >= 15 is 0 Å². The zero-order valence-corrected chi connectivity index (χ0v) is 26.1.